The molecule has 1 heterocycles. The molecule has 5 rings (SSSR count). The van der Waals surface area contributed by atoms with E-state index in [1.54, 1.807) is 10.9 Å². The Morgan fingerprint density at radius 1 is 1.33 bits per heavy atom. The number of benzene rings is 1. The lowest BCUT2D eigenvalue weighted by atomic mass is 9.45. The molecule has 0 unspecified atom stereocenters. The van der Waals surface area contributed by atoms with Crippen molar-refractivity contribution in [2.24, 2.45) is 23.2 Å². The lowest BCUT2D eigenvalue weighted by Gasteiger charge is -2.60. The Bertz CT molecular complexity index is 880. The largest absolute Gasteiger partial charge is 0.383 e. The molecule has 3 aliphatic rings. The number of aryl methyl sites for hydroxylation is 2. The maximum absolute atomic E-state index is 12.7. The van der Waals surface area contributed by atoms with E-state index in [9.17, 15) is 4.79 Å². The van der Waals surface area contributed by atoms with Gasteiger partial charge in [-0.1, -0.05) is 31.5 Å². The Morgan fingerprint density at radius 2 is 2.11 bits per heavy atom. The third kappa shape index (κ3) is 2.93. The first-order chi connectivity index (χ1) is 12.8. The van der Waals surface area contributed by atoms with Gasteiger partial charge in [0.05, 0.1) is 11.9 Å². The zero-order chi connectivity index (χ0) is 19.3. The molecule has 2 aromatic rings. The number of aromatic nitrogens is 2. The molecule has 3 fully saturated rings. The predicted molar refractivity (Wildman–Crippen MR) is 108 cm³/mol. The lowest BCUT2D eigenvalue weighted by Crippen LogP contribution is -2.54. The SMILES string of the molecule is Cc1ccc(-n2ncc(C(=O)NC[C@@H]3CC[C@H]4C[C@@H]3C4(C)C)c2N)c(C)c1. The number of hydrogen-bond acceptors (Lipinski definition) is 3. The number of rotatable bonds is 4. The number of carbonyl (C=O) groups is 1. The number of nitrogens with zero attached hydrogens (tertiary/aromatic N) is 2. The van der Waals surface area contributed by atoms with Gasteiger partial charge in [-0.2, -0.15) is 5.10 Å². The first kappa shape index (κ1) is 18.1. The van der Waals surface area contributed by atoms with Crippen LogP contribution in [0.25, 0.3) is 5.69 Å². The summed E-state index contributed by atoms with van der Waals surface area (Å²) in [5.74, 6) is 2.45. The highest BCUT2D eigenvalue weighted by Gasteiger charge is 2.53. The maximum atomic E-state index is 12.7. The summed E-state index contributed by atoms with van der Waals surface area (Å²) in [6.07, 6.45) is 5.40. The average molecular weight is 367 g/mol. The summed E-state index contributed by atoms with van der Waals surface area (Å²) in [6, 6.07) is 6.11. The lowest BCUT2D eigenvalue weighted by molar-refractivity contribution is -0.103. The Morgan fingerprint density at radius 3 is 2.78 bits per heavy atom. The van der Waals surface area contributed by atoms with Crippen molar-refractivity contribution in [1.29, 1.82) is 0 Å². The van der Waals surface area contributed by atoms with E-state index in [0.717, 1.165) is 29.6 Å². The van der Waals surface area contributed by atoms with Crippen LogP contribution in [0.15, 0.2) is 24.4 Å². The topological polar surface area (TPSA) is 72.9 Å². The Labute approximate surface area is 161 Å². The summed E-state index contributed by atoms with van der Waals surface area (Å²) in [7, 11) is 0. The first-order valence-electron chi connectivity index (χ1n) is 9.98. The highest BCUT2D eigenvalue weighted by Crippen LogP contribution is 2.61. The van der Waals surface area contributed by atoms with Crippen LogP contribution in [0.4, 0.5) is 5.82 Å². The third-order valence-electron chi connectivity index (χ3n) is 7.16. The minimum Gasteiger partial charge on any atom is -0.383 e. The highest BCUT2D eigenvalue weighted by molar-refractivity contribution is 5.98. The van der Waals surface area contributed by atoms with Crippen molar-refractivity contribution in [3.05, 3.63) is 41.1 Å². The van der Waals surface area contributed by atoms with Gasteiger partial charge in [0.2, 0.25) is 0 Å². The van der Waals surface area contributed by atoms with Gasteiger partial charge in [0.15, 0.2) is 0 Å². The normalized spacial score (nSPS) is 25.7. The van der Waals surface area contributed by atoms with Crippen molar-refractivity contribution < 1.29 is 4.79 Å². The van der Waals surface area contributed by atoms with Gasteiger partial charge in [-0.15, -0.1) is 0 Å². The number of nitrogens with one attached hydrogen (secondary N) is 1. The number of anilines is 1. The summed E-state index contributed by atoms with van der Waals surface area (Å²) in [5, 5.41) is 7.49. The van der Waals surface area contributed by atoms with Gasteiger partial charge in [0, 0.05) is 6.54 Å². The van der Waals surface area contributed by atoms with Gasteiger partial charge >= 0.3 is 0 Å². The number of nitrogens with two attached hydrogens (primary N) is 1. The van der Waals surface area contributed by atoms with E-state index in [0.29, 0.717) is 22.7 Å². The van der Waals surface area contributed by atoms with Crippen molar-refractivity contribution in [2.75, 3.05) is 12.3 Å². The van der Waals surface area contributed by atoms with E-state index in [1.807, 2.05) is 19.1 Å². The van der Waals surface area contributed by atoms with Crippen LogP contribution in [0.5, 0.6) is 0 Å². The second kappa shape index (κ2) is 6.39. The molecule has 0 saturated heterocycles. The van der Waals surface area contributed by atoms with Gasteiger partial charge in [-0.25, -0.2) is 4.68 Å². The fourth-order valence-corrected chi connectivity index (χ4v) is 5.29. The molecule has 3 aliphatic carbocycles. The standard InChI is InChI=1S/C22H30N4O/c1-13-5-8-19(14(2)9-13)26-20(23)17(12-25-26)21(27)24-11-15-6-7-16-10-18(15)22(16,3)4/h5,8-9,12,15-16,18H,6-7,10-11,23H2,1-4H3,(H,24,27)/t15-,16-,18-/m0/s1. The van der Waals surface area contributed by atoms with E-state index in [4.69, 9.17) is 5.73 Å². The zero-order valence-electron chi connectivity index (χ0n) is 16.7. The summed E-state index contributed by atoms with van der Waals surface area (Å²) >= 11 is 0. The number of amides is 1. The second-order valence-electron chi connectivity index (χ2n) is 9.05. The van der Waals surface area contributed by atoms with Crippen LogP contribution in [0, 0.1) is 37.0 Å². The molecule has 27 heavy (non-hydrogen) atoms. The summed E-state index contributed by atoms with van der Waals surface area (Å²) in [5.41, 5.74) is 10.3. The van der Waals surface area contributed by atoms with Crippen LogP contribution in [0.2, 0.25) is 0 Å². The summed E-state index contributed by atoms with van der Waals surface area (Å²) < 4.78 is 1.66. The zero-order valence-corrected chi connectivity index (χ0v) is 16.7. The summed E-state index contributed by atoms with van der Waals surface area (Å²) in [4.78, 5) is 12.7. The van der Waals surface area contributed by atoms with Gasteiger partial charge < -0.3 is 11.1 Å². The molecular weight excluding hydrogens is 336 g/mol. The fraction of sp³-hybridized carbons (Fsp3) is 0.545. The Kier molecular flexibility index (Phi) is 4.28. The highest BCUT2D eigenvalue weighted by atomic mass is 16.1. The predicted octanol–water partition coefficient (Wildman–Crippen LogP) is 3.87. The number of fused-ring (bicyclic) bond motifs is 2. The molecule has 5 heteroatoms. The maximum Gasteiger partial charge on any atom is 0.256 e. The number of carbonyl (C=O) groups excluding carboxylic acids is 1. The van der Waals surface area contributed by atoms with Crippen molar-refractivity contribution in [2.45, 2.75) is 47.0 Å². The molecule has 144 valence electrons. The average Bonchev–Trinajstić information content (AvgIpc) is 3.01. The van der Waals surface area contributed by atoms with Crippen molar-refractivity contribution in [3.63, 3.8) is 0 Å². The van der Waals surface area contributed by atoms with Gasteiger partial charge in [-0.3, -0.25) is 4.79 Å². The first-order valence-corrected chi connectivity index (χ1v) is 9.98. The van der Waals surface area contributed by atoms with E-state index < -0.39 is 0 Å². The van der Waals surface area contributed by atoms with Gasteiger partial charge in [0.1, 0.15) is 11.4 Å². The molecule has 1 aromatic heterocycles. The van der Waals surface area contributed by atoms with Crippen LogP contribution < -0.4 is 11.1 Å². The molecule has 3 saturated carbocycles. The minimum atomic E-state index is -0.122. The molecule has 3 N–H and O–H groups in total. The molecule has 0 aliphatic heterocycles. The molecule has 0 spiro atoms. The molecule has 0 radical (unpaired) electrons. The molecule has 1 aromatic carbocycles. The summed E-state index contributed by atoms with van der Waals surface area (Å²) in [6.45, 7) is 9.57. The van der Waals surface area contributed by atoms with E-state index >= 15 is 0 Å². The molecule has 2 bridgehead atoms. The number of nitrogen functional groups attached to an aromatic ring is 1. The third-order valence-corrected chi connectivity index (χ3v) is 7.16. The van der Waals surface area contributed by atoms with Crippen molar-refractivity contribution >= 4 is 11.7 Å². The van der Waals surface area contributed by atoms with Gasteiger partial charge in [-0.05, 0) is 67.9 Å². The minimum absolute atomic E-state index is 0.122. The number of hydrogen-bond donors (Lipinski definition) is 2. The molecule has 1 amide bonds. The monoisotopic (exact) mass is 366 g/mol. The van der Waals surface area contributed by atoms with E-state index in [-0.39, 0.29) is 5.91 Å². The van der Waals surface area contributed by atoms with Crippen LogP contribution in [0.1, 0.15) is 54.6 Å². The van der Waals surface area contributed by atoms with Crippen LogP contribution in [-0.4, -0.2) is 22.2 Å². The van der Waals surface area contributed by atoms with Crippen molar-refractivity contribution in [1.82, 2.24) is 15.1 Å². The Hall–Kier alpha value is -2.30. The fourth-order valence-electron chi connectivity index (χ4n) is 5.29. The van der Waals surface area contributed by atoms with E-state index in [1.165, 1.54) is 24.8 Å². The smallest absolute Gasteiger partial charge is 0.256 e. The second-order valence-corrected chi connectivity index (χ2v) is 9.05. The van der Waals surface area contributed by atoms with Gasteiger partial charge in [0.25, 0.3) is 5.91 Å². The molecule has 3 atom stereocenters. The molecular formula is C22H30N4O. The van der Waals surface area contributed by atoms with Crippen LogP contribution in [-0.2, 0) is 0 Å². The Balaban J connectivity index is 1.46. The quantitative estimate of drug-likeness (QED) is 0.862. The van der Waals surface area contributed by atoms with Crippen LogP contribution in [0.3, 0.4) is 0 Å². The molecule has 5 nitrogen and oxygen atoms in total. The van der Waals surface area contributed by atoms with E-state index in [2.05, 4.69) is 37.3 Å². The van der Waals surface area contributed by atoms with Crippen molar-refractivity contribution in [3.8, 4) is 5.69 Å². The van der Waals surface area contributed by atoms with Crippen LogP contribution >= 0.6 is 0 Å².